The minimum Gasteiger partial charge on any atom is -0.493 e. The summed E-state index contributed by atoms with van der Waals surface area (Å²) < 4.78 is 28.2. The molecule has 0 bridgehead atoms. The zero-order valence-electron chi connectivity index (χ0n) is 19.7. The molecule has 3 rings (SSSR count). The Bertz CT molecular complexity index is 951. The fourth-order valence-electron chi connectivity index (χ4n) is 3.81. The van der Waals surface area contributed by atoms with Crippen molar-refractivity contribution in [1.29, 1.82) is 0 Å². The molecular weight excluding hydrogens is 446 g/mol. The van der Waals surface area contributed by atoms with E-state index in [2.05, 4.69) is 4.90 Å². The number of ketones is 1. The van der Waals surface area contributed by atoms with Gasteiger partial charge in [0.15, 0.2) is 23.0 Å². The van der Waals surface area contributed by atoms with E-state index in [-0.39, 0.29) is 11.9 Å². The number of benzene rings is 2. The van der Waals surface area contributed by atoms with E-state index in [9.17, 15) is 4.79 Å². The van der Waals surface area contributed by atoms with E-state index in [0.29, 0.717) is 67.2 Å². The van der Waals surface area contributed by atoms with Crippen molar-refractivity contribution < 1.29 is 28.5 Å². The minimum atomic E-state index is -0.0836. The number of hydrogen-bond acceptors (Lipinski definition) is 7. The number of morpholine rings is 1. The zero-order chi connectivity index (χ0) is 23.8. The molecule has 0 radical (unpaired) electrons. The van der Waals surface area contributed by atoms with Crippen LogP contribution in [0, 0.1) is 0 Å². The second-order valence-corrected chi connectivity index (χ2v) is 8.38. The maximum atomic E-state index is 11.2. The lowest BCUT2D eigenvalue weighted by Crippen LogP contribution is -2.44. The number of hydrogen-bond donors (Lipinski definition) is 0. The predicted octanol–water partition coefficient (Wildman–Crippen LogP) is 4.17. The normalized spacial score (nSPS) is 16.3. The minimum absolute atomic E-state index is 0.0836. The monoisotopic (exact) mass is 477 g/mol. The molecule has 0 saturated carbocycles. The molecule has 0 spiro atoms. The van der Waals surface area contributed by atoms with Crippen molar-refractivity contribution in [2.45, 2.75) is 32.4 Å². The van der Waals surface area contributed by atoms with E-state index in [1.807, 2.05) is 30.3 Å². The largest absolute Gasteiger partial charge is 0.493 e. The van der Waals surface area contributed by atoms with Gasteiger partial charge in [-0.25, -0.2) is 0 Å². The standard InChI is InChI=1S/C25H32ClNO6/c1-17(28)5-6-18-7-9-21(23(13-18)30-3)33-16-20-15-27(11-12-32-20)14-19-8-10-22(29-2)25(31-4)24(19)26/h7-10,13,20H,5-6,11-12,14-16H2,1-4H3. The van der Waals surface area contributed by atoms with Gasteiger partial charge in [-0.05, 0) is 42.7 Å². The summed E-state index contributed by atoms with van der Waals surface area (Å²) in [7, 11) is 4.79. The number of methoxy groups -OCH3 is 3. The number of Topliss-reactive ketones (excluding diaryl/α,β-unsaturated/α-hetero) is 1. The Hall–Kier alpha value is -2.48. The molecule has 1 fully saturated rings. The van der Waals surface area contributed by atoms with E-state index in [4.69, 9.17) is 35.3 Å². The first-order valence-corrected chi connectivity index (χ1v) is 11.3. The molecule has 0 N–H and O–H groups in total. The van der Waals surface area contributed by atoms with Crippen LogP contribution in [-0.4, -0.2) is 64.4 Å². The van der Waals surface area contributed by atoms with Crippen molar-refractivity contribution in [3.05, 3.63) is 46.5 Å². The van der Waals surface area contributed by atoms with Crippen molar-refractivity contribution in [2.75, 3.05) is 47.6 Å². The van der Waals surface area contributed by atoms with Crippen molar-refractivity contribution in [2.24, 2.45) is 0 Å². The third kappa shape index (κ3) is 6.76. The molecule has 7 nitrogen and oxygen atoms in total. The second-order valence-electron chi connectivity index (χ2n) is 8.00. The van der Waals surface area contributed by atoms with Gasteiger partial charge in [-0.15, -0.1) is 0 Å². The van der Waals surface area contributed by atoms with Crippen LogP contribution in [0.15, 0.2) is 30.3 Å². The molecule has 1 unspecified atom stereocenters. The van der Waals surface area contributed by atoms with E-state index < -0.39 is 0 Å². The number of halogens is 1. The van der Waals surface area contributed by atoms with Crippen LogP contribution in [0.5, 0.6) is 23.0 Å². The highest BCUT2D eigenvalue weighted by molar-refractivity contribution is 6.33. The van der Waals surface area contributed by atoms with Crippen molar-refractivity contribution in [3.63, 3.8) is 0 Å². The SMILES string of the molecule is COc1cc(CCC(C)=O)ccc1OCC1CN(Cc2ccc(OC)c(OC)c2Cl)CCO1. The number of rotatable bonds is 11. The van der Waals surface area contributed by atoms with Crippen molar-refractivity contribution in [1.82, 2.24) is 4.90 Å². The summed E-state index contributed by atoms with van der Waals surface area (Å²) in [6, 6.07) is 9.61. The number of carbonyl (C=O) groups is 1. The van der Waals surface area contributed by atoms with Crippen LogP contribution in [0.1, 0.15) is 24.5 Å². The Kier molecular flexibility index (Phi) is 9.23. The Balaban J connectivity index is 1.59. The molecule has 8 heteroatoms. The van der Waals surface area contributed by atoms with Gasteiger partial charge in [-0.3, -0.25) is 4.90 Å². The van der Waals surface area contributed by atoms with Crippen LogP contribution >= 0.6 is 11.6 Å². The maximum absolute atomic E-state index is 11.2. The summed E-state index contributed by atoms with van der Waals surface area (Å²) in [5.41, 5.74) is 2.01. The van der Waals surface area contributed by atoms with E-state index >= 15 is 0 Å². The average molecular weight is 478 g/mol. The maximum Gasteiger partial charge on any atom is 0.179 e. The van der Waals surface area contributed by atoms with Gasteiger partial charge >= 0.3 is 0 Å². The molecule has 0 aromatic heterocycles. The van der Waals surface area contributed by atoms with Gasteiger partial charge in [0.2, 0.25) is 0 Å². The van der Waals surface area contributed by atoms with Crippen LogP contribution < -0.4 is 18.9 Å². The van der Waals surface area contributed by atoms with Crippen molar-refractivity contribution in [3.8, 4) is 23.0 Å². The van der Waals surface area contributed by atoms with Crippen LogP contribution in [0.4, 0.5) is 0 Å². The van der Waals surface area contributed by atoms with Gasteiger partial charge in [0.1, 0.15) is 18.5 Å². The lowest BCUT2D eigenvalue weighted by Gasteiger charge is -2.33. The first-order valence-electron chi connectivity index (χ1n) is 11.0. The summed E-state index contributed by atoms with van der Waals surface area (Å²) >= 11 is 6.56. The second kappa shape index (κ2) is 12.1. The van der Waals surface area contributed by atoms with Gasteiger partial charge in [-0.2, -0.15) is 0 Å². The average Bonchev–Trinajstić information content (AvgIpc) is 2.82. The zero-order valence-corrected chi connectivity index (χ0v) is 20.4. The quantitative estimate of drug-likeness (QED) is 0.481. The number of aryl methyl sites for hydroxylation is 1. The molecule has 2 aromatic rings. The number of carbonyl (C=O) groups excluding carboxylic acids is 1. The molecular formula is C25H32ClNO6. The molecule has 1 atom stereocenters. The highest BCUT2D eigenvalue weighted by Crippen LogP contribution is 2.38. The van der Waals surface area contributed by atoms with E-state index in [1.54, 1.807) is 28.3 Å². The van der Waals surface area contributed by atoms with Gasteiger partial charge in [0, 0.05) is 26.1 Å². The molecule has 1 heterocycles. The molecule has 1 aliphatic heterocycles. The highest BCUT2D eigenvalue weighted by atomic mass is 35.5. The lowest BCUT2D eigenvalue weighted by molar-refractivity contribution is -0.116. The van der Waals surface area contributed by atoms with Crippen LogP contribution in [0.25, 0.3) is 0 Å². The van der Waals surface area contributed by atoms with Gasteiger partial charge in [0.25, 0.3) is 0 Å². The summed E-state index contributed by atoms with van der Waals surface area (Å²) in [5, 5.41) is 0.561. The highest BCUT2D eigenvalue weighted by Gasteiger charge is 2.23. The molecule has 180 valence electrons. The molecule has 2 aromatic carbocycles. The summed E-state index contributed by atoms with van der Waals surface area (Å²) in [5.74, 6) is 2.64. The first-order chi connectivity index (χ1) is 15.9. The fourth-order valence-corrected chi connectivity index (χ4v) is 4.10. The van der Waals surface area contributed by atoms with Crippen LogP contribution in [0.2, 0.25) is 5.02 Å². The molecule has 1 saturated heterocycles. The smallest absolute Gasteiger partial charge is 0.179 e. The molecule has 1 aliphatic rings. The number of ether oxygens (including phenoxy) is 5. The van der Waals surface area contributed by atoms with Gasteiger partial charge < -0.3 is 28.5 Å². The lowest BCUT2D eigenvalue weighted by atomic mass is 10.1. The fraction of sp³-hybridized carbons (Fsp3) is 0.480. The molecule has 0 aliphatic carbocycles. The Labute approximate surface area is 200 Å². The summed E-state index contributed by atoms with van der Waals surface area (Å²) in [4.78, 5) is 13.5. The van der Waals surface area contributed by atoms with Crippen molar-refractivity contribution >= 4 is 17.4 Å². The third-order valence-electron chi connectivity index (χ3n) is 5.60. The topological polar surface area (TPSA) is 66.5 Å². The summed E-state index contributed by atoms with van der Waals surface area (Å²) in [6.45, 7) is 4.80. The first kappa shape index (κ1) is 25.1. The van der Waals surface area contributed by atoms with E-state index in [0.717, 1.165) is 17.7 Å². The predicted molar refractivity (Wildman–Crippen MR) is 127 cm³/mol. The van der Waals surface area contributed by atoms with E-state index in [1.165, 1.54) is 0 Å². The Morgan fingerprint density at radius 1 is 1.09 bits per heavy atom. The molecule has 33 heavy (non-hydrogen) atoms. The Morgan fingerprint density at radius 3 is 2.55 bits per heavy atom. The summed E-state index contributed by atoms with van der Waals surface area (Å²) in [6.07, 6.45) is 1.12. The van der Waals surface area contributed by atoms with Crippen LogP contribution in [0.3, 0.4) is 0 Å². The Morgan fingerprint density at radius 2 is 1.85 bits per heavy atom. The third-order valence-corrected chi connectivity index (χ3v) is 6.01. The number of nitrogens with zero attached hydrogens (tertiary/aromatic N) is 1. The van der Waals surface area contributed by atoms with Gasteiger partial charge in [0.05, 0.1) is 33.0 Å². The molecule has 0 amide bonds. The van der Waals surface area contributed by atoms with Gasteiger partial charge in [-0.1, -0.05) is 23.7 Å². The van der Waals surface area contributed by atoms with Crippen LogP contribution in [-0.2, 0) is 22.5 Å².